The standard InChI is InChI=1S/C6H15NO.C3H9N/c1-3-7(4-2)5-6-8;1-4(2)3/h8H,3-6H2,1-2H3;1-3H3. The fraction of sp³-hybridized carbons (Fsp3) is 1.00. The first-order valence-electron chi connectivity index (χ1n) is 4.52. The number of hydrogen-bond acceptors (Lipinski definition) is 3. The van der Waals surface area contributed by atoms with Crippen molar-refractivity contribution in [3.63, 3.8) is 0 Å². The quantitative estimate of drug-likeness (QED) is 0.675. The third kappa shape index (κ3) is 16.5. The van der Waals surface area contributed by atoms with Crippen molar-refractivity contribution in [2.24, 2.45) is 0 Å². The van der Waals surface area contributed by atoms with Crippen LogP contribution in [0.25, 0.3) is 0 Å². The summed E-state index contributed by atoms with van der Waals surface area (Å²) in [5, 5.41) is 8.46. The average Bonchev–Trinajstić information content (AvgIpc) is 1.99. The van der Waals surface area contributed by atoms with Crippen molar-refractivity contribution >= 4 is 0 Å². The van der Waals surface area contributed by atoms with Crippen LogP contribution in [-0.4, -0.2) is 62.3 Å². The van der Waals surface area contributed by atoms with Crippen LogP contribution in [0.15, 0.2) is 0 Å². The lowest BCUT2D eigenvalue weighted by Crippen LogP contribution is -2.25. The zero-order valence-corrected chi connectivity index (χ0v) is 9.17. The van der Waals surface area contributed by atoms with Gasteiger partial charge >= 0.3 is 0 Å². The molecule has 0 heterocycles. The van der Waals surface area contributed by atoms with Gasteiger partial charge in [0.15, 0.2) is 0 Å². The molecule has 0 aliphatic heterocycles. The summed E-state index contributed by atoms with van der Waals surface area (Å²) in [5.41, 5.74) is 0. The maximum atomic E-state index is 8.46. The molecule has 0 atom stereocenters. The summed E-state index contributed by atoms with van der Waals surface area (Å²) in [5.74, 6) is 0. The first-order valence-corrected chi connectivity index (χ1v) is 4.52. The Morgan fingerprint density at radius 3 is 1.42 bits per heavy atom. The molecule has 0 aromatic carbocycles. The Hall–Kier alpha value is -0.120. The predicted molar refractivity (Wildman–Crippen MR) is 54.5 cm³/mol. The van der Waals surface area contributed by atoms with E-state index in [1.807, 2.05) is 26.0 Å². The van der Waals surface area contributed by atoms with Gasteiger partial charge in [0.25, 0.3) is 0 Å². The van der Waals surface area contributed by atoms with Crippen molar-refractivity contribution in [2.45, 2.75) is 13.8 Å². The fourth-order valence-electron chi connectivity index (χ4n) is 0.681. The van der Waals surface area contributed by atoms with Crippen LogP contribution in [-0.2, 0) is 0 Å². The molecule has 0 rings (SSSR count). The lowest BCUT2D eigenvalue weighted by molar-refractivity contribution is 0.208. The van der Waals surface area contributed by atoms with Gasteiger partial charge in [-0.1, -0.05) is 13.8 Å². The second-order valence-electron chi connectivity index (χ2n) is 3.09. The highest BCUT2D eigenvalue weighted by molar-refractivity contribution is 4.47. The van der Waals surface area contributed by atoms with E-state index in [1.165, 1.54) is 0 Å². The van der Waals surface area contributed by atoms with Crippen molar-refractivity contribution in [1.82, 2.24) is 9.80 Å². The predicted octanol–water partition coefficient (Wildman–Crippen LogP) is 0.498. The SMILES string of the molecule is CCN(CC)CCO.CN(C)C. The van der Waals surface area contributed by atoms with Gasteiger partial charge in [-0.25, -0.2) is 0 Å². The Balaban J connectivity index is 0. The van der Waals surface area contributed by atoms with Crippen LogP contribution >= 0.6 is 0 Å². The fourth-order valence-corrected chi connectivity index (χ4v) is 0.681. The Labute approximate surface area is 77.0 Å². The molecule has 76 valence electrons. The second-order valence-corrected chi connectivity index (χ2v) is 3.09. The summed E-state index contributed by atoms with van der Waals surface area (Å²) in [6.07, 6.45) is 0. The minimum atomic E-state index is 0.279. The Morgan fingerprint density at radius 2 is 1.33 bits per heavy atom. The van der Waals surface area contributed by atoms with E-state index in [0.29, 0.717) is 0 Å². The molecule has 0 spiro atoms. The largest absolute Gasteiger partial charge is 0.395 e. The van der Waals surface area contributed by atoms with Gasteiger partial charge in [0.05, 0.1) is 6.61 Å². The molecule has 0 saturated carbocycles. The maximum Gasteiger partial charge on any atom is 0.0558 e. The van der Waals surface area contributed by atoms with Crippen LogP contribution in [0, 0.1) is 0 Å². The third-order valence-electron chi connectivity index (χ3n) is 1.31. The Kier molecular flexibility index (Phi) is 13.1. The van der Waals surface area contributed by atoms with Gasteiger partial charge in [0.1, 0.15) is 0 Å². The van der Waals surface area contributed by atoms with Crippen LogP contribution in [0.1, 0.15) is 13.8 Å². The van der Waals surface area contributed by atoms with Crippen molar-refractivity contribution in [2.75, 3.05) is 47.4 Å². The normalized spacial score (nSPS) is 10.0. The smallest absolute Gasteiger partial charge is 0.0558 e. The molecule has 0 fully saturated rings. The highest BCUT2D eigenvalue weighted by Crippen LogP contribution is 1.82. The Bertz CT molecular complexity index is 70.2. The van der Waals surface area contributed by atoms with E-state index in [1.54, 1.807) is 0 Å². The average molecular weight is 176 g/mol. The van der Waals surface area contributed by atoms with Gasteiger partial charge in [-0.3, -0.25) is 0 Å². The van der Waals surface area contributed by atoms with E-state index in [9.17, 15) is 0 Å². The van der Waals surface area contributed by atoms with E-state index in [-0.39, 0.29) is 6.61 Å². The van der Waals surface area contributed by atoms with E-state index in [4.69, 9.17) is 5.11 Å². The van der Waals surface area contributed by atoms with Crippen molar-refractivity contribution in [3.05, 3.63) is 0 Å². The van der Waals surface area contributed by atoms with Gasteiger partial charge in [-0.05, 0) is 34.2 Å². The van der Waals surface area contributed by atoms with Gasteiger partial charge in [0, 0.05) is 6.54 Å². The van der Waals surface area contributed by atoms with Gasteiger partial charge in [0.2, 0.25) is 0 Å². The molecule has 0 aromatic heterocycles. The first-order chi connectivity index (χ1) is 5.58. The summed E-state index contributed by atoms with van der Waals surface area (Å²) in [6.45, 7) is 7.36. The number of aliphatic hydroxyl groups excluding tert-OH is 1. The molecule has 0 aliphatic rings. The molecule has 3 heteroatoms. The lowest BCUT2D eigenvalue weighted by atomic mass is 10.5. The molecule has 0 saturated heterocycles. The summed E-state index contributed by atoms with van der Waals surface area (Å²) < 4.78 is 0. The first kappa shape index (κ1) is 14.4. The minimum Gasteiger partial charge on any atom is -0.395 e. The molecule has 0 aliphatic carbocycles. The highest BCUT2D eigenvalue weighted by atomic mass is 16.3. The second kappa shape index (κ2) is 10.9. The van der Waals surface area contributed by atoms with Crippen LogP contribution in [0.3, 0.4) is 0 Å². The molecular formula is C9H24N2O. The summed E-state index contributed by atoms with van der Waals surface area (Å²) >= 11 is 0. The third-order valence-corrected chi connectivity index (χ3v) is 1.31. The molecule has 0 bridgehead atoms. The molecular weight excluding hydrogens is 152 g/mol. The van der Waals surface area contributed by atoms with Crippen molar-refractivity contribution in [3.8, 4) is 0 Å². The van der Waals surface area contributed by atoms with Crippen molar-refractivity contribution in [1.29, 1.82) is 0 Å². The van der Waals surface area contributed by atoms with Crippen LogP contribution < -0.4 is 0 Å². The topological polar surface area (TPSA) is 26.7 Å². The number of rotatable bonds is 4. The maximum absolute atomic E-state index is 8.46. The summed E-state index contributed by atoms with van der Waals surface area (Å²) in [4.78, 5) is 4.18. The van der Waals surface area contributed by atoms with Crippen LogP contribution in [0.5, 0.6) is 0 Å². The van der Waals surface area contributed by atoms with E-state index < -0.39 is 0 Å². The summed E-state index contributed by atoms with van der Waals surface area (Å²) in [7, 11) is 6.00. The van der Waals surface area contributed by atoms with Crippen LogP contribution in [0.4, 0.5) is 0 Å². The summed E-state index contributed by atoms with van der Waals surface area (Å²) in [6, 6.07) is 0. The minimum absolute atomic E-state index is 0.279. The zero-order chi connectivity index (χ0) is 9.98. The molecule has 0 radical (unpaired) electrons. The molecule has 3 nitrogen and oxygen atoms in total. The van der Waals surface area contributed by atoms with Gasteiger partial charge < -0.3 is 14.9 Å². The zero-order valence-electron chi connectivity index (χ0n) is 9.17. The van der Waals surface area contributed by atoms with Gasteiger partial charge in [-0.2, -0.15) is 0 Å². The van der Waals surface area contributed by atoms with Gasteiger partial charge in [-0.15, -0.1) is 0 Å². The lowest BCUT2D eigenvalue weighted by Gasteiger charge is -2.15. The molecule has 1 N–H and O–H groups in total. The highest BCUT2D eigenvalue weighted by Gasteiger charge is 1.93. The van der Waals surface area contributed by atoms with E-state index >= 15 is 0 Å². The van der Waals surface area contributed by atoms with E-state index in [2.05, 4.69) is 18.7 Å². The number of aliphatic hydroxyl groups is 1. The number of likely N-dealkylation sites (N-methyl/N-ethyl adjacent to an activating group) is 1. The number of nitrogens with zero attached hydrogens (tertiary/aromatic N) is 2. The van der Waals surface area contributed by atoms with Crippen LogP contribution in [0.2, 0.25) is 0 Å². The number of hydrogen-bond donors (Lipinski definition) is 1. The Morgan fingerprint density at radius 1 is 1.00 bits per heavy atom. The van der Waals surface area contributed by atoms with E-state index in [0.717, 1.165) is 19.6 Å². The molecule has 0 aromatic rings. The monoisotopic (exact) mass is 176 g/mol. The van der Waals surface area contributed by atoms with Crippen molar-refractivity contribution < 1.29 is 5.11 Å². The molecule has 0 amide bonds. The molecule has 12 heavy (non-hydrogen) atoms. The molecule has 0 unspecified atom stereocenters.